The number of rotatable bonds is 10. The third-order valence-electron chi connectivity index (χ3n) is 6.12. The summed E-state index contributed by atoms with van der Waals surface area (Å²) in [6.45, 7) is 2.45. The Morgan fingerprint density at radius 2 is 2.03 bits per heavy atom. The van der Waals surface area contributed by atoms with Crippen LogP contribution in [0, 0.1) is 0 Å². The number of hydrogen-bond donors (Lipinski definition) is 4. The van der Waals surface area contributed by atoms with Gasteiger partial charge in [-0.05, 0) is 34.6 Å². The Labute approximate surface area is 222 Å². The molecule has 4 N–H and O–H groups in total. The highest BCUT2D eigenvalue weighted by molar-refractivity contribution is 9.10. The van der Waals surface area contributed by atoms with Gasteiger partial charge in [-0.2, -0.15) is 5.10 Å². The summed E-state index contributed by atoms with van der Waals surface area (Å²) < 4.78 is 6.16. The molecule has 1 amide bonds. The third-order valence-corrected chi connectivity index (χ3v) is 6.91. The predicted octanol–water partition coefficient (Wildman–Crippen LogP) is 4.08. The van der Waals surface area contributed by atoms with E-state index in [2.05, 4.69) is 68.7 Å². The number of carbonyl (C=O) groups is 1. The fourth-order valence-electron chi connectivity index (χ4n) is 4.22. The normalized spacial score (nSPS) is 11.4. The number of fused-ring (bicyclic) bond motifs is 2. The Kier molecular flexibility index (Phi) is 7.33. The highest BCUT2D eigenvalue weighted by Crippen LogP contribution is 2.32. The summed E-state index contributed by atoms with van der Waals surface area (Å²) in [6.07, 6.45) is 3.24. The number of H-pyrrole nitrogens is 2. The monoisotopic (exact) mass is 562 g/mol. The quantitative estimate of drug-likeness (QED) is 0.202. The fraction of sp³-hybridized carbons (Fsp3) is 0.231. The van der Waals surface area contributed by atoms with E-state index < -0.39 is 0 Å². The van der Waals surface area contributed by atoms with Crippen molar-refractivity contribution >= 4 is 49.5 Å². The summed E-state index contributed by atoms with van der Waals surface area (Å²) >= 11 is 3.60. The maximum Gasteiger partial charge on any atom is 0.269 e. The van der Waals surface area contributed by atoms with Gasteiger partial charge in [0.05, 0.1) is 46.6 Å². The van der Waals surface area contributed by atoms with Crippen LogP contribution in [0.15, 0.2) is 59.5 Å². The summed E-state index contributed by atoms with van der Waals surface area (Å²) in [4.78, 5) is 27.1. The van der Waals surface area contributed by atoms with E-state index >= 15 is 0 Å². The highest BCUT2D eigenvalue weighted by Gasteiger charge is 2.20. The zero-order valence-electron chi connectivity index (χ0n) is 20.5. The second-order valence-electron chi connectivity index (χ2n) is 8.70. The molecule has 0 atom stereocenters. The lowest BCUT2D eigenvalue weighted by Crippen LogP contribution is -2.33. The number of anilines is 1. The lowest BCUT2D eigenvalue weighted by atomic mass is 10.2. The van der Waals surface area contributed by atoms with E-state index in [0.717, 1.165) is 40.8 Å². The van der Waals surface area contributed by atoms with Gasteiger partial charge in [0.2, 0.25) is 0 Å². The minimum absolute atomic E-state index is 0.205. The molecular weight excluding hydrogens is 536 g/mol. The van der Waals surface area contributed by atoms with Crippen molar-refractivity contribution in [3.05, 3.63) is 76.4 Å². The van der Waals surface area contributed by atoms with Crippen LogP contribution in [0.25, 0.3) is 21.9 Å². The molecule has 0 radical (unpaired) electrons. The Bertz CT molecular complexity index is 1530. The topological polar surface area (TPSA) is 124 Å². The summed E-state index contributed by atoms with van der Waals surface area (Å²) in [6, 6.07) is 14.1. The van der Waals surface area contributed by atoms with Gasteiger partial charge in [-0.25, -0.2) is 9.97 Å². The van der Waals surface area contributed by atoms with Crippen molar-refractivity contribution in [2.75, 3.05) is 32.6 Å². The number of benzene rings is 2. The minimum atomic E-state index is -0.205. The van der Waals surface area contributed by atoms with Gasteiger partial charge in [0.1, 0.15) is 23.4 Å². The number of hydrogen-bond acceptors (Lipinski definition) is 7. The zero-order chi connectivity index (χ0) is 25.8. The van der Waals surface area contributed by atoms with Crippen LogP contribution in [0.4, 0.5) is 5.69 Å². The van der Waals surface area contributed by atoms with E-state index in [1.165, 1.54) is 11.9 Å². The molecule has 0 unspecified atom stereocenters. The van der Waals surface area contributed by atoms with E-state index in [1.54, 1.807) is 13.3 Å². The molecule has 0 aliphatic heterocycles. The first kappa shape index (κ1) is 24.7. The van der Waals surface area contributed by atoms with E-state index in [4.69, 9.17) is 4.74 Å². The maximum absolute atomic E-state index is 13.0. The van der Waals surface area contributed by atoms with Crippen LogP contribution in [-0.4, -0.2) is 63.2 Å². The Hall–Kier alpha value is -3.96. The van der Waals surface area contributed by atoms with Gasteiger partial charge in [0, 0.05) is 31.1 Å². The van der Waals surface area contributed by atoms with Crippen LogP contribution in [0.5, 0.6) is 5.75 Å². The molecule has 37 heavy (non-hydrogen) atoms. The van der Waals surface area contributed by atoms with Gasteiger partial charge in [0.25, 0.3) is 5.91 Å². The molecule has 11 heteroatoms. The average Bonchev–Trinajstić information content (AvgIpc) is 3.51. The summed E-state index contributed by atoms with van der Waals surface area (Å²) in [5, 5.41) is 15.1. The first-order valence-electron chi connectivity index (χ1n) is 11.8. The molecule has 0 bridgehead atoms. The van der Waals surface area contributed by atoms with Crippen LogP contribution < -0.4 is 15.4 Å². The van der Waals surface area contributed by atoms with Gasteiger partial charge in [-0.1, -0.05) is 30.3 Å². The standard InChI is InChI=1S/C26H27BrN8O2/c1-35(14-16-6-4-3-5-7-16)9-8-28-26(36)24-23(27)22-20(30-15-31-25(22)33-24)13-29-19-10-17-12-32-34-18(17)11-21(19)37-2/h3-7,10-12,15,29H,8-9,13-14H2,1-2H3,(H,28,36)(H,32,34)(H,30,31,33). The molecule has 3 aromatic heterocycles. The molecule has 0 aliphatic carbocycles. The average molecular weight is 563 g/mol. The van der Waals surface area contributed by atoms with Gasteiger partial charge < -0.3 is 25.3 Å². The van der Waals surface area contributed by atoms with Crippen LogP contribution in [0.1, 0.15) is 21.7 Å². The predicted molar refractivity (Wildman–Crippen MR) is 147 cm³/mol. The summed E-state index contributed by atoms with van der Waals surface area (Å²) in [5.41, 5.74) is 4.68. The SMILES string of the molecule is COc1cc2[nH]ncc2cc1NCc1ncnc2[nH]c(C(=O)NCCN(C)Cc3ccccc3)c(Br)c12. The number of aromatic amines is 2. The molecule has 2 aromatic carbocycles. The molecule has 0 saturated heterocycles. The number of amides is 1. The summed E-state index contributed by atoms with van der Waals surface area (Å²) in [5.74, 6) is 0.483. The summed E-state index contributed by atoms with van der Waals surface area (Å²) in [7, 11) is 3.66. The van der Waals surface area contributed by atoms with Crippen LogP contribution in [0.3, 0.4) is 0 Å². The molecule has 0 fully saturated rings. The molecule has 10 nitrogen and oxygen atoms in total. The van der Waals surface area contributed by atoms with Crippen LogP contribution >= 0.6 is 15.9 Å². The number of likely N-dealkylation sites (N-methyl/N-ethyl adjacent to an activating group) is 1. The Morgan fingerprint density at radius 1 is 1.19 bits per heavy atom. The smallest absolute Gasteiger partial charge is 0.269 e. The van der Waals surface area contributed by atoms with Crippen molar-refractivity contribution in [2.45, 2.75) is 13.1 Å². The third kappa shape index (κ3) is 5.42. The molecule has 190 valence electrons. The van der Waals surface area contributed by atoms with Gasteiger partial charge in [-0.15, -0.1) is 0 Å². The first-order chi connectivity index (χ1) is 18.0. The van der Waals surface area contributed by atoms with Crippen LogP contribution in [-0.2, 0) is 13.1 Å². The highest BCUT2D eigenvalue weighted by atomic mass is 79.9. The van der Waals surface area contributed by atoms with E-state index in [-0.39, 0.29) is 5.91 Å². The van der Waals surface area contributed by atoms with Gasteiger partial charge in [-0.3, -0.25) is 9.89 Å². The van der Waals surface area contributed by atoms with Gasteiger partial charge >= 0.3 is 0 Å². The largest absolute Gasteiger partial charge is 0.495 e. The number of carbonyl (C=O) groups excluding carboxylic acids is 1. The number of nitrogens with zero attached hydrogens (tertiary/aromatic N) is 4. The number of nitrogens with one attached hydrogen (secondary N) is 4. The van der Waals surface area contributed by atoms with Gasteiger partial charge in [0.15, 0.2) is 0 Å². The van der Waals surface area contributed by atoms with Crippen molar-refractivity contribution in [3.63, 3.8) is 0 Å². The fourth-order valence-corrected chi connectivity index (χ4v) is 4.91. The number of aromatic nitrogens is 5. The molecule has 5 aromatic rings. The molecule has 0 aliphatic rings. The van der Waals surface area contributed by atoms with E-state index in [0.29, 0.717) is 34.7 Å². The second kappa shape index (κ2) is 11.0. The molecule has 3 heterocycles. The van der Waals surface area contributed by atoms with E-state index in [1.807, 2.05) is 37.4 Å². The lowest BCUT2D eigenvalue weighted by Gasteiger charge is -2.16. The van der Waals surface area contributed by atoms with E-state index in [9.17, 15) is 4.79 Å². The number of halogens is 1. The van der Waals surface area contributed by atoms with Crippen LogP contribution in [0.2, 0.25) is 0 Å². The Balaban J connectivity index is 1.26. The molecule has 5 rings (SSSR count). The number of methoxy groups -OCH3 is 1. The zero-order valence-corrected chi connectivity index (χ0v) is 22.1. The van der Waals surface area contributed by atoms with Crippen molar-refractivity contribution in [2.24, 2.45) is 0 Å². The number of ether oxygens (including phenoxy) is 1. The second-order valence-corrected chi connectivity index (χ2v) is 9.49. The van der Waals surface area contributed by atoms with Crippen molar-refractivity contribution in [1.29, 1.82) is 0 Å². The van der Waals surface area contributed by atoms with Crippen molar-refractivity contribution in [1.82, 2.24) is 35.4 Å². The van der Waals surface area contributed by atoms with Crippen molar-refractivity contribution in [3.8, 4) is 5.75 Å². The molecule has 0 saturated carbocycles. The molecule has 0 spiro atoms. The molecular formula is C26H27BrN8O2. The first-order valence-corrected chi connectivity index (χ1v) is 12.6. The Morgan fingerprint density at radius 3 is 2.84 bits per heavy atom. The van der Waals surface area contributed by atoms with Crippen molar-refractivity contribution < 1.29 is 9.53 Å². The minimum Gasteiger partial charge on any atom is -0.495 e. The maximum atomic E-state index is 13.0. The lowest BCUT2D eigenvalue weighted by molar-refractivity contribution is 0.0944.